The van der Waals surface area contributed by atoms with E-state index in [0.717, 1.165) is 12.3 Å². The van der Waals surface area contributed by atoms with Crippen LogP contribution in [0.2, 0.25) is 0 Å². The Bertz CT molecular complexity index is 1100. The van der Waals surface area contributed by atoms with Gasteiger partial charge in [0.25, 0.3) is 10.1 Å². The van der Waals surface area contributed by atoms with Gasteiger partial charge in [0.1, 0.15) is 11.4 Å². The quantitative estimate of drug-likeness (QED) is 0.354. The van der Waals surface area contributed by atoms with Gasteiger partial charge in [-0.2, -0.15) is 8.42 Å². The topological polar surface area (TPSA) is 129 Å². The van der Waals surface area contributed by atoms with Crippen LogP contribution in [-0.2, 0) is 16.7 Å². The molecule has 29 heavy (non-hydrogen) atoms. The number of piperazine rings is 1. The van der Waals surface area contributed by atoms with E-state index in [1.165, 1.54) is 15.5 Å². The molecular weight excluding hydrogens is 416 g/mol. The van der Waals surface area contributed by atoms with E-state index in [4.69, 9.17) is 0 Å². The molecule has 3 N–H and O–H groups in total. The number of halogens is 1. The SMILES string of the molecule is CCn1cc(C(=O)O)c(=O)c2cc(F)c(C(N3CCNCC3)S(=O)(=O)O)cc21.[H-].[Na+]. The number of nitrogens with zero attached hydrogens (tertiary/aromatic N) is 2. The largest absolute Gasteiger partial charge is 1.00 e. The van der Waals surface area contributed by atoms with Gasteiger partial charge in [0.15, 0.2) is 5.37 Å². The molecule has 9 nitrogen and oxygen atoms in total. The van der Waals surface area contributed by atoms with Crippen molar-refractivity contribution >= 4 is 27.0 Å². The Balaban J connectivity index is 0.00000225. The number of carbonyl (C=O) groups is 1. The Labute approximate surface area is 190 Å². The molecule has 2 heterocycles. The van der Waals surface area contributed by atoms with E-state index < -0.39 is 38.3 Å². The molecular formula is C17H21FN3NaO6S. The van der Waals surface area contributed by atoms with E-state index in [1.54, 1.807) is 6.92 Å². The van der Waals surface area contributed by atoms with Crippen molar-refractivity contribution in [3.05, 3.63) is 45.5 Å². The minimum atomic E-state index is -4.68. The van der Waals surface area contributed by atoms with Gasteiger partial charge < -0.3 is 16.4 Å². The third-order valence-corrected chi connectivity index (χ3v) is 5.92. The number of hydrogen-bond acceptors (Lipinski definition) is 6. The summed E-state index contributed by atoms with van der Waals surface area (Å²) in [6.07, 6.45) is 1.14. The molecule has 154 valence electrons. The number of pyridine rings is 1. The number of fused-ring (bicyclic) bond motifs is 1. The summed E-state index contributed by atoms with van der Waals surface area (Å²) in [5, 5.41) is 10.5. The molecule has 0 radical (unpaired) electrons. The van der Waals surface area contributed by atoms with Gasteiger partial charge in [-0.05, 0) is 19.1 Å². The Hall–Kier alpha value is -1.34. The van der Waals surface area contributed by atoms with Crippen LogP contribution in [0.1, 0.15) is 29.6 Å². The van der Waals surface area contributed by atoms with E-state index in [1.807, 2.05) is 0 Å². The van der Waals surface area contributed by atoms with Crippen molar-refractivity contribution < 1.29 is 58.2 Å². The summed E-state index contributed by atoms with van der Waals surface area (Å²) in [6.45, 7) is 3.48. The molecule has 12 heteroatoms. The number of aromatic nitrogens is 1. The molecule has 1 aliphatic rings. The normalized spacial score (nSPS) is 16.4. The Morgan fingerprint density at radius 2 is 1.97 bits per heavy atom. The first-order chi connectivity index (χ1) is 13.1. The standard InChI is InChI=1S/C17H20FN3O6S.Na.H/c1-2-20-9-12(17(23)24)15(22)11-7-13(18)10(8-14(11)20)16(28(25,26)27)21-5-3-19-4-6-21;;/h7-9,16,19H,2-6H2,1H3,(H,23,24)(H,25,26,27);;/q;+1;-1. The number of carboxylic acids is 1. The average Bonchev–Trinajstić information content (AvgIpc) is 2.63. The van der Waals surface area contributed by atoms with Gasteiger partial charge in [-0.15, -0.1) is 0 Å². The van der Waals surface area contributed by atoms with Crippen LogP contribution in [0.25, 0.3) is 10.9 Å². The van der Waals surface area contributed by atoms with Gasteiger partial charge in [0.05, 0.1) is 5.52 Å². The monoisotopic (exact) mass is 437 g/mol. The summed E-state index contributed by atoms with van der Waals surface area (Å²) in [4.78, 5) is 25.2. The minimum absolute atomic E-state index is 0. The van der Waals surface area contributed by atoms with Crippen LogP contribution in [0, 0.1) is 5.82 Å². The summed E-state index contributed by atoms with van der Waals surface area (Å²) >= 11 is 0. The third kappa shape index (κ3) is 4.71. The fourth-order valence-electron chi connectivity index (χ4n) is 3.49. The molecule has 0 spiro atoms. The van der Waals surface area contributed by atoms with Crippen LogP contribution < -0.4 is 40.3 Å². The Kier molecular flexibility index (Phi) is 7.60. The number of rotatable bonds is 5. The number of benzene rings is 1. The first kappa shape index (κ1) is 23.9. The van der Waals surface area contributed by atoms with Crippen LogP contribution in [-0.4, -0.2) is 59.7 Å². The summed E-state index contributed by atoms with van der Waals surface area (Å²) in [5.41, 5.74) is -1.46. The van der Waals surface area contributed by atoms with Crippen molar-refractivity contribution in [1.82, 2.24) is 14.8 Å². The maximum Gasteiger partial charge on any atom is 1.00 e. The van der Waals surface area contributed by atoms with Gasteiger partial charge in [0, 0.05) is 49.9 Å². The van der Waals surface area contributed by atoms with Gasteiger partial charge in [0.2, 0.25) is 5.43 Å². The van der Waals surface area contributed by atoms with Crippen LogP contribution in [0.5, 0.6) is 0 Å². The molecule has 0 aliphatic carbocycles. The molecule has 1 aromatic carbocycles. The molecule has 3 rings (SSSR count). The van der Waals surface area contributed by atoms with Crippen molar-refractivity contribution in [3.63, 3.8) is 0 Å². The number of aryl methyl sites for hydroxylation is 1. The third-order valence-electron chi connectivity index (χ3n) is 4.80. The Morgan fingerprint density at radius 1 is 1.34 bits per heavy atom. The molecule has 1 atom stereocenters. The van der Waals surface area contributed by atoms with E-state index in [0.29, 0.717) is 13.1 Å². The number of hydrogen-bond donors (Lipinski definition) is 3. The predicted molar refractivity (Wildman–Crippen MR) is 101 cm³/mol. The number of aromatic carboxylic acids is 1. The van der Waals surface area contributed by atoms with Gasteiger partial charge in [-0.3, -0.25) is 14.2 Å². The van der Waals surface area contributed by atoms with Crippen molar-refractivity contribution in [3.8, 4) is 0 Å². The van der Waals surface area contributed by atoms with Crippen molar-refractivity contribution in [2.45, 2.75) is 18.8 Å². The molecule has 0 amide bonds. The molecule has 1 fully saturated rings. The second-order valence-corrected chi connectivity index (χ2v) is 7.98. The second-order valence-electron chi connectivity index (χ2n) is 6.51. The summed E-state index contributed by atoms with van der Waals surface area (Å²) in [6, 6.07) is 2.04. The second kappa shape index (κ2) is 9.21. The average molecular weight is 437 g/mol. The van der Waals surface area contributed by atoms with E-state index >= 15 is 0 Å². The summed E-state index contributed by atoms with van der Waals surface area (Å²) < 4.78 is 50.2. The summed E-state index contributed by atoms with van der Waals surface area (Å²) in [7, 11) is -4.68. The zero-order valence-corrected chi connectivity index (χ0v) is 18.9. The molecule has 1 unspecified atom stereocenters. The summed E-state index contributed by atoms with van der Waals surface area (Å²) in [5.74, 6) is -2.44. The molecule has 0 saturated carbocycles. The first-order valence-electron chi connectivity index (χ1n) is 8.66. The van der Waals surface area contributed by atoms with E-state index in [9.17, 15) is 32.1 Å². The zero-order chi connectivity index (χ0) is 20.6. The van der Waals surface area contributed by atoms with Gasteiger partial charge >= 0.3 is 35.5 Å². The number of carboxylic acid groups (broad SMARTS) is 1. The molecule has 0 bridgehead atoms. The molecule has 1 saturated heterocycles. The molecule has 1 aliphatic heterocycles. The fourth-order valence-corrected chi connectivity index (χ4v) is 4.58. The Morgan fingerprint density at radius 3 is 2.48 bits per heavy atom. The fraction of sp³-hybridized carbons (Fsp3) is 0.412. The van der Waals surface area contributed by atoms with Crippen LogP contribution >= 0.6 is 0 Å². The van der Waals surface area contributed by atoms with Crippen molar-refractivity contribution in [2.75, 3.05) is 26.2 Å². The first-order valence-corrected chi connectivity index (χ1v) is 10.2. The zero-order valence-electron chi connectivity index (χ0n) is 17.1. The van der Waals surface area contributed by atoms with Crippen molar-refractivity contribution in [2.24, 2.45) is 0 Å². The van der Waals surface area contributed by atoms with Gasteiger partial charge in [-0.1, -0.05) is 0 Å². The van der Waals surface area contributed by atoms with Crippen LogP contribution in [0.3, 0.4) is 0 Å². The van der Waals surface area contributed by atoms with Crippen LogP contribution in [0.15, 0.2) is 23.1 Å². The molecule has 2 aromatic rings. The molecule has 1 aromatic heterocycles. The maximum absolute atomic E-state index is 14.9. The number of nitrogens with one attached hydrogen (secondary N) is 1. The van der Waals surface area contributed by atoms with Crippen LogP contribution in [0.4, 0.5) is 4.39 Å². The smallest absolute Gasteiger partial charge is 1.00 e. The minimum Gasteiger partial charge on any atom is -1.00 e. The predicted octanol–water partition coefficient (Wildman–Crippen LogP) is -2.23. The maximum atomic E-state index is 14.9. The van der Waals surface area contributed by atoms with Gasteiger partial charge in [-0.25, -0.2) is 9.18 Å². The van der Waals surface area contributed by atoms with Crippen molar-refractivity contribution in [1.29, 1.82) is 0 Å². The van der Waals surface area contributed by atoms with E-state index in [2.05, 4.69) is 5.32 Å². The van der Waals surface area contributed by atoms with E-state index in [-0.39, 0.29) is 67.1 Å².